The predicted molar refractivity (Wildman–Crippen MR) is 102 cm³/mol. The Hall–Kier alpha value is 0.394. The summed E-state index contributed by atoms with van der Waals surface area (Å²) in [4.78, 5) is 0. The zero-order valence-corrected chi connectivity index (χ0v) is 17.9. The molecule has 0 aliphatic carbocycles. The van der Waals surface area contributed by atoms with Gasteiger partial charge in [-0.25, -0.2) is 0 Å². The molecule has 2 atom stereocenters. The Balaban J connectivity index is 3.86. The maximum absolute atomic E-state index is 5.73. The molecule has 0 bridgehead atoms. The Bertz CT molecular complexity index is 236. The zero-order chi connectivity index (χ0) is 16.3. The molecule has 0 fully saturated rings. The minimum Gasteiger partial charge on any atom is -0.417 e. The highest BCUT2D eigenvalue weighted by Crippen LogP contribution is 2.28. The summed E-state index contributed by atoms with van der Waals surface area (Å²) >= 11 is 0. The van der Waals surface area contributed by atoms with Crippen molar-refractivity contribution in [3.05, 3.63) is 0 Å². The van der Waals surface area contributed by atoms with E-state index in [0.717, 1.165) is 18.4 Å². The molecule has 2 unspecified atom stereocenters. The van der Waals surface area contributed by atoms with Gasteiger partial charge in [-0.15, -0.1) is 0 Å². The van der Waals surface area contributed by atoms with Crippen LogP contribution >= 0.6 is 0 Å². The van der Waals surface area contributed by atoms with E-state index >= 15 is 0 Å². The van der Waals surface area contributed by atoms with Crippen LogP contribution in [0.5, 0.6) is 0 Å². The zero-order valence-electron chi connectivity index (χ0n) is 15.9. The van der Waals surface area contributed by atoms with E-state index in [1.54, 1.807) is 0 Å². The van der Waals surface area contributed by atoms with Crippen molar-refractivity contribution in [3.8, 4) is 0 Å². The van der Waals surface area contributed by atoms with Gasteiger partial charge in [0.2, 0.25) is 9.04 Å². The highest BCUT2D eigenvalue weighted by Gasteiger charge is 2.20. The molecule has 1 nitrogen and oxygen atoms in total. The average molecular weight is 330 g/mol. The van der Waals surface area contributed by atoms with Crippen molar-refractivity contribution in [2.24, 2.45) is 11.8 Å². The summed E-state index contributed by atoms with van der Waals surface area (Å²) in [5, 5.41) is 0. The van der Waals surface area contributed by atoms with Crippen LogP contribution in [0.4, 0.5) is 0 Å². The Kier molecular flexibility index (Phi) is 12.1. The molecule has 0 aromatic heterocycles. The second kappa shape index (κ2) is 11.9. The van der Waals surface area contributed by atoms with Gasteiger partial charge in [0.15, 0.2) is 0 Å². The molecule has 0 saturated carbocycles. The van der Waals surface area contributed by atoms with E-state index in [2.05, 4.69) is 46.6 Å². The molecular weight excluding hydrogens is 288 g/mol. The highest BCUT2D eigenvalue weighted by atomic mass is 28.3. The number of unbranched alkanes of at least 4 members (excludes halogenated alkanes) is 1. The standard InChI is InChI=1S/C18H41OSi2/c1-8-17(12-10-11-15-19-20(3)4)13-14-18(9-2)16-21(5,6)7/h17-18H,8-16H2,1-7H3. The van der Waals surface area contributed by atoms with E-state index in [1.165, 1.54) is 51.0 Å². The van der Waals surface area contributed by atoms with Crippen molar-refractivity contribution >= 4 is 17.1 Å². The smallest absolute Gasteiger partial charge is 0.204 e. The lowest BCUT2D eigenvalue weighted by Gasteiger charge is -2.25. The van der Waals surface area contributed by atoms with Crippen molar-refractivity contribution in [2.45, 2.75) is 97.6 Å². The third-order valence-electron chi connectivity index (χ3n) is 4.44. The van der Waals surface area contributed by atoms with Crippen LogP contribution in [0.15, 0.2) is 0 Å². The molecule has 0 aliphatic heterocycles. The summed E-state index contributed by atoms with van der Waals surface area (Å²) in [6, 6.07) is 1.52. The van der Waals surface area contributed by atoms with E-state index in [-0.39, 0.29) is 0 Å². The number of rotatable bonds is 13. The monoisotopic (exact) mass is 329 g/mol. The van der Waals surface area contributed by atoms with Crippen LogP contribution in [-0.2, 0) is 4.43 Å². The third-order valence-corrected chi connectivity index (χ3v) is 7.02. The molecule has 0 rings (SSSR count). The highest BCUT2D eigenvalue weighted by molar-refractivity contribution is 6.76. The normalized spacial score (nSPS) is 15.4. The molecule has 0 spiro atoms. The second-order valence-corrected chi connectivity index (χ2v) is 15.8. The Morgan fingerprint density at radius 2 is 1.43 bits per heavy atom. The van der Waals surface area contributed by atoms with Crippen LogP contribution in [0.25, 0.3) is 0 Å². The van der Waals surface area contributed by atoms with Crippen LogP contribution in [-0.4, -0.2) is 23.7 Å². The summed E-state index contributed by atoms with van der Waals surface area (Å²) in [5.41, 5.74) is 0. The molecule has 3 heteroatoms. The molecule has 1 radical (unpaired) electrons. The SMILES string of the molecule is CCC(CCCCO[Si](C)C)CCC(CC)C[Si](C)(C)C. The quantitative estimate of drug-likeness (QED) is 0.273. The van der Waals surface area contributed by atoms with Gasteiger partial charge in [-0.3, -0.25) is 0 Å². The molecule has 0 amide bonds. The number of hydrogen-bond acceptors (Lipinski definition) is 1. The van der Waals surface area contributed by atoms with E-state index < -0.39 is 17.1 Å². The maximum Gasteiger partial charge on any atom is 0.204 e. The molecule has 21 heavy (non-hydrogen) atoms. The lowest BCUT2D eigenvalue weighted by molar-refractivity contribution is 0.298. The fourth-order valence-electron chi connectivity index (χ4n) is 3.15. The van der Waals surface area contributed by atoms with Gasteiger partial charge in [-0.1, -0.05) is 78.1 Å². The molecule has 0 aromatic rings. The molecule has 0 N–H and O–H groups in total. The summed E-state index contributed by atoms with van der Waals surface area (Å²) in [7, 11) is -1.36. The fourth-order valence-corrected chi connectivity index (χ4v) is 5.93. The van der Waals surface area contributed by atoms with Crippen molar-refractivity contribution < 1.29 is 4.43 Å². The molecule has 0 saturated heterocycles. The van der Waals surface area contributed by atoms with Gasteiger partial charge in [-0.2, -0.15) is 0 Å². The van der Waals surface area contributed by atoms with Crippen LogP contribution < -0.4 is 0 Å². The molecule has 0 heterocycles. The summed E-state index contributed by atoms with van der Waals surface area (Å²) in [6.07, 6.45) is 9.70. The van der Waals surface area contributed by atoms with Crippen LogP contribution in [0.1, 0.15) is 58.8 Å². The van der Waals surface area contributed by atoms with E-state index in [1.807, 2.05) is 0 Å². The second-order valence-electron chi connectivity index (χ2n) is 8.14. The predicted octanol–water partition coefficient (Wildman–Crippen LogP) is 6.60. The summed E-state index contributed by atoms with van der Waals surface area (Å²) in [6.45, 7) is 17.8. The first-order valence-corrected chi connectivity index (χ1v) is 15.3. The number of hydrogen-bond donors (Lipinski definition) is 0. The summed E-state index contributed by atoms with van der Waals surface area (Å²) < 4.78 is 5.73. The van der Waals surface area contributed by atoms with Gasteiger partial charge in [0.1, 0.15) is 0 Å². The van der Waals surface area contributed by atoms with E-state index in [4.69, 9.17) is 4.43 Å². The van der Waals surface area contributed by atoms with Gasteiger partial charge in [0.25, 0.3) is 0 Å². The van der Waals surface area contributed by atoms with Gasteiger partial charge >= 0.3 is 0 Å². The first kappa shape index (κ1) is 21.4. The first-order valence-electron chi connectivity index (χ1n) is 9.21. The van der Waals surface area contributed by atoms with Gasteiger partial charge in [0.05, 0.1) is 0 Å². The largest absolute Gasteiger partial charge is 0.417 e. The third kappa shape index (κ3) is 13.8. The van der Waals surface area contributed by atoms with Crippen LogP contribution in [0.3, 0.4) is 0 Å². The molecule has 127 valence electrons. The van der Waals surface area contributed by atoms with Crippen molar-refractivity contribution in [1.29, 1.82) is 0 Å². The minimum absolute atomic E-state index is 0.478. The minimum atomic E-state index is -0.884. The van der Waals surface area contributed by atoms with Gasteiger partial charge in [-0.05, 0) is 31.4 Å². The first-order chi connectivity index (χ1) is 9.78. The lowest BCUT2D eigenvalue weighted by Crippen LogP contribution is -2.24. The van der Waals surface area contributed by atoms with Crippen molar-refractivity contribution in [3.63, 3.8) is 0 Å². The Labute approximate surface area is 138 Å². The fraction of sp³-hybridized carbons (Fsp3) is 1.00. The van der Waals surface area contributed by atoms with Gasteiger partial charge < -0.3 is 4.43 Å². The van der Waals surface area contributed by atoms with E-state index in [0.29, 0.717) is 0 Å². The average Bonchev–Trinajstić information content (AvgIpc) is 2.38. The van der Waals surface area contributed by atoms with E-state index in [9.17, 15) is 0 Å². The Morgan fingerprint density at radius 3 is 1.90 bits per heavy atom. The topological polar surface area (TPSA) is 9.23 Å². The molecule has 0 aliphatic rings. The maximum atomic E-state index is 5.73. The van der Waals surface area contributed by atoms with Crippen molar-refractivity contribution in [2.75, 3.05) is 6.61 Å². The molecule has 0 aromatic carbocycles. The van der Waals surface area contributed by atoms with Gasteiger partial charge in [0, 0.05) is 14.7 Å². The van der Waals surface area contributed by atoms with Crippen LogP contribution in [0, 0.1) is 11.8 Å². The Morgan fingerprint density at radius 1 is 0.857 bits per heavy atom. The lowest BCUT2D eigenvalue weighted by atomic mass is 9.90. The summed E-state index contributed by atoms with van der Waals surface area (Å²) in [5.74, 6) is 1.94. The molecular formula is C18H41OSi2. The van der Waals surface area contributed by atoms with Crippen LogP contribution in [0.2, 0.25) is 38.8 Å². The van der Waals surface area contributed by atoms with Crippen molar-refractivity contribution in [1.82, 2.24) is 0 Å².